The van der Waals surface area contributed by atoms with E-state index in [1.54, 1.807) is 6.07 Å². The van der Waals surface area contributed by atoms with Crippen LogP contribution in [-0.2, 0) is 0 Å². The minimum Gasteiger partial charge on any atom is -0.364 e. The predicted molar refractivity (Wildman–Crippen MR) is 83.3 cm³/mol. The Balaban J connectivity index is 2.56. The lowest BCUT2D eigenvalue weighted by molar-refractivity contribution is 0.0996. The van der Waals surface area contributed by atoms with Crippen LogP contribution < -0.4 is 11.3 Å². The van der Waals surface area contributed by atoms with Crippen molar-refractivity contribution >= 4 is 16.7 Å². The summed E-state index contributed by atoms with van der Waals surface area (Å²) in [4.78, 5) is 26.5. The molecule has 0 bridgehead atoms. The number of aromatic nitrogens is 1. The molecule has 0 aliphatic heterocycles. The second-order valence-electron chi connectivity index (χ2n) is 4.93. The molecule has 0 aliphatic carbocycles. The molecule has 0 radical (unpaired) electrons. The molecule has 1 heterocycles. The van der Waals surface area contributed by atoms with Gasteiger partial charge in [0, 0.05) is 16.3 Å². The van der Waals surface area contributed by atoms with Gasteiger partial charge in [0.1, 0.15) is 5.69 Å². The van der Waals surface area contributed by atoms with Crippen LogP contribution >= 0.6 is 0 Å². The summed E-state index contributed by atoms with van der Waals surface area (Å²) in [6.07, 6.45) is 0. The molecule has 104 valence electrons. The lowest BCUT2D eigenvalue weighted by Gasteiger charge is -2.13. The summed E-state index contributed by atoms with van der Waals surface area (Å²) >= 11 is 0. The Hall–Kier alpha value is -2.88. The Bertz CT molecular complexity index is 896. The van der Waals surface area contributed by atoms with Crippen molar-refractivity contribution in [1.82, 2.24) is 4.98 Å². The Morgan fingerprint density at radius 1 is 1.05 bits per heavy atom. The number of fused-ring (bicyclic) bond motifs is 1. The Morgan fingerprint density at radius 3 is 2.43 bits per heavy atom. The largest absolute Gasteiger partial charge is 0.364 e. The van der Waals surface area contributed by atoms with E-state index in [4.69, 9.17) is 5.73 Å². The van der Waals surface area contributed by atoms with Crippen molar-refractivity contribution in [3.05, 3.63) is 70.1 Å². The average molecular weight is 278 g/mol. The highest BCUT2D eigenvalue weighted by molar-refractivity contribution is 6.08. The van der Waals surface area contributed by atoms with E-state index in [1.807, 2.05) is 49.4 Å². The number of hydrogen-bond donors (Lipinski definition) is 2. The van der Waals surface area contributed by atoms with Gasteiger partial charge in [-0.3, -0.25) is 9.59 Å². The van der Waals surface area contributed by atoms with Gasteiger partial charge in [-0.15, -0.1) is 0 Å². The summed E-state index contributed by atoms with van der Waals surface area (Å²) in [7, 11) is 0. The number of rotatable bonds is 2. The van der Waals surface area contributed by atoms with Crippen LogP contribution in [0.3, 0.4) is 0 Å². The van der Waals surface area contributed by atoms with Crippen molar-refractivity contribution in [2.24, 2.45) is 5.73 Å². The number of benzene rings is 2. The first-order valence-corrected chi connectivity index (χ1v) is 6.60. The number of H-pyrrole nitrogens is 1. The van der Waals surface area contributed by atoms with E-state index in [-0.39, 0.29) is 11.3 Å². The third-order valence-corrected chi connectivity index (χ3v) is 3.56. The number of pyridine rings is 1. The molecule has 21 heavy (non-hydrogen) atoms. The van der Waals surface area contributed by atoms with Crippen LogP contribution in [0.4, 0.5) is 0 Å². The normalized spacial score (nSPS) is 10.7. The highest BCUT2D eigenvalue weighted by atomic mass is 16.1. The fourth-order valence-corrected chi connectivity index (χ4v) is 2.64. The van der Waals surface area contributed by atoms with Gasteiger partial charge in [0.25, 0.3) is 11.5 Å². The third-order valence-electron chi connectivity index (χ3n) is 3.56. The van der Waals surface area contributed by atoms with Crippen molar-refractivity contribution in [2.45, 2.75) is 6.92 Å². The Morgan fingerprint density at radius 2 is 1.76 bits per heavy atom. The lowest BCUT2D eigenvalue weighted by atomic mass is 9.94. The van der Waals surface area contributed by atoms with Gasteiger partial charge in [-0.1, -0.05) is 42.5 Å². The quantitative estimate of drug-likeness (QED) is 0.756. The van der Waals surface area contributed by atoms with E-state index in [0.717, 1.165) is 16.5 Å². The molecule has 0 atom stereocenters. The highest BCUT2D eigenvalue weighted by Gasteiger charge is 2.17. The molecule has 3 aromatic rings. The fourth-order valence-electron chi connectivity index (χ4n) is 2.64. The maximum absolute atomic E-state index is 12.2. The van der Waals surface area contributed by atoms with E-state index < -0.39 is 5.91 Å². The van der Waals surface area contributed by atoms with Crippen molar-refractivity contribution in [3.63, 3.8) is 0 Å². The number of aromatic amines is 1. The van der Waals surface area contributed by atoms with E-state index >= 15 is 0 Å². The summed E-state index contributed by atoms with van der Waals surface area (Å²) in [5.74, 6) is -0.642. The molecule has 3 rings (SSSR count). The molecule has 4 heteroatoms. The molecule has 2 aromatic carbocycles. The molecule has 4 nitrogen and oxygen atoms in total. The monoisotopic (exact) mass is 278 g/mol. The third kappa shape index (κ3) is 2.10. The van der Waals surface area contributed by atoms with Crippen LogP contribution in [0, 0.1) is 6.92 Å². The molecular weight excluding hydrogens is 264 g/mol. The summed E-state index contributed by atoms with van der Waals surface area (Å²) in [5, 5.41) is 1.32. The van der Waals surface area contributed by atoms with Crippen LogP contribution in [-0.4, -0.2) is 10.9 Å². The maximum Gasteiger partial charge on any atom is 0.265 e. The summed E-state index contributed by atoms with van der Waals surface area (Å²) in [6.45, 7) is 1.92. The van der Waals surface area contributed by atoms with Gasteiger partial charge in [-0.2, -0.15) is 0 Å². The molecule has 0 aliphatic rings. The van der Waals surface area contributed by atoms with Gasteiger partial charge >= 0.3 is 0 Å². The van der Waals surface area contributed by atoms with Crippen molar-refractivity contribution in [1.29, 1.82) is 0 Å². The number of primary amides is 1. The Kier molecular flexibility index (Phi) is 3.06. The van der Waals surface area contributed by atoms with E-state index in [1.165, 1.54) is 0 Å². The van der Waals surface area contributed by atoms with Gasteiger partial charge in [0.05, 0.1) is 0 Å². The second-order valence-corrected chi connectivity index (χ2v) is 4.93. The smallest absolute Gasteiger partial charge is 0.265 e. The summed E-state index contributed by atoms with van der Waals surface area (Å²) < 4.78 is 0. The summed E-state index contributed by atoms with van der Waals surface area (Å²) in [5.41, 5.74) is 7.75. The van der Waals surface area contributed by atoms with Crippen LogP contribution in [0.25, 0.3) is 21.9 Å². The predicted octanol–water partition coefficient (Wildman–Crippen LogP) is 2.60. The zero-order valence-electron chi connectivity index (χ0n) is 11.5. The van der Waals surface area contributed by atoms with E-state index in [0.29, 0.717) is 10.9 Å². The molecule has 0 fully saturated rings. The van der Waals surface area contributed by atoms with Crippen LogP contribution in [0.1, 0.15) is 16.1 Å². The SMILES string of the molecule is Cc1cccc2c(=O)[nH]c(C(N)=O)c(-c3ccccc3)c12. The molecule has 0 unspecified atom stereocenters. The van der Waals surface area contributed by atoms with Crippen LogP contribution in [0.2, 0.25) is 0 Å². The van der Waals surface area contributed by atoms with E-state index in [2.05, 4.69) is 4.98 Å². The highest BCUT2D eigenvalue weighted by Crippen LogP contribution is 2.31. The molecule has 0 saturated heterocycles. The molecule has 1 aromatic heterocycles. The summed E-state index contributed by atoms with van der Waals surface area (Å²) in [6, 6.07) is 14.9. The van der Waals surface area contributed by atoms with Gasteiger partial charge in [-0.05, 0) is 24.1 Å². The number of carbonyl (C=O) groups excluding carboxylic acids is 1. The minimum absolute atomic E-state index is 0.146. The molecule has 0 saturated carbocycles. The number of nitrogens with one attached hydrogen (secondary N) is 1. The van der Waals surface area contributed by atoms with Gasteiger partial charge < -0.3 is 10.7 Å². The second kappa shape index (κ2) is 4.90. The topological polar surface area (TPSA) is 75.9 Å². The zero-order valence-corrected chi connectivity index (χ0v) is 11.5. The van der Waals surface area contributed by atoms with Crippen LogP contribution in [0.5, 0.6) is 0 Å². The van der Waals surface area contributed by atoms with Crippen molar-refractivity contribution in [3.8, 4) is 11.1 Å². The molecular formula is C17H14N2O2. The molecule has 0 spiro atoms. The van der Waals surface area contributed by atoms with Crippen LogP contribution in [0.15, 0.2) is 53.3 Å². The van der Waals surface area contributed by atoms with Gasteiger partial charge in [0.2, 0.25) is 0 Å². The first kappa shape index (κ1) is 13.1. The number of nitrogens with two attached hydrogens (primary N) is 1. The zero-order chi connectivity index (χ0) is 15.0. The van der Waals surface area contributed by atoms with E-state index in [9.17, 15) is 9.59 Å². The average Bonchev–Trinajstić information content (AvgIpc) is 2.48. The van der Waals surface area contributed by atoms with Gasteiger partial charge in [0.15, 0.2) is 0 Å². The number of amides is 1. The van der Waals surface area contributed by atoms with Gasteiger partial charge in [-0.25, -0.2) is 0 Å². The standard InChI is InChI=1S/C17H14N2O2/c1-10-6-5-9-12-13(10)14(11-7-3-2-4-8-11)15(16(18)20)19-17(12)21/h2-9H,1H3,(H2,18,20)(H,19,21). The first-order valence-electron chi connectivity index (χ1n) is 6.60. The van der Waals surface area contributed by atoms with Crippen molar-refractivity contribution in [2.75, 3.05) is 0 Å². The Labute approximate surface area is 121 Å². The maximum atomic E-state index is 12.2. The first-order chi connectivity index (χ1) is 10.1. The number of carbonyl (C=O) groups is 1. The fraction of sp³-hybridized carbons (Fsp3) is 0.0588. The van der Waals surface area contributed by atoms with Crippen molar-refractivity contribution < 1.29 is 4.79 Å². The number of hydrogen-bond acceptors (Lipinski definition) is 2. The number of aryl methyl sites for hydroxylation is 1. The minimum atomic E-state index is -0.642. The lowest BCUT2D eigenvalue weighted by Crippen LogP contribution is -2.21. The molecule has 1 amide bonds. The molecule has 3 N–H and O–H groups in total.